The van der Waals surface area contributed by atoms with Crippen LogP contribution in [0.15, 0.2) is 18.3 Å². The summed E-state index contributed by atoms with van der Waals surface area (Å²) >= 11 is 0. The van der Waals surface area contributed by atoms with Gasteiger partial charge in [-0.05, 0) is 19.2 Å². The van der Waals surface area contributed by atoms with Crippen molar-refractivity contribution in [3.8, 4) is 0 Å². The topological polar surface area (TPSA) is 26.2 Å². The normalized spacial score (nSPS) is 12.0. The molecule has 1 rings (SSSR count). The Morgan fingerprint density at radius 2 is 2.19 bits per heavy atom. The molecule has 0 aliphatic heterocycles. The molecule has 0 radical (unpaired) electrons. The molecule has 1 aromatic rings. The van der Waals surface area contributed by atoms with Crippen LogP contribution in [0.3, 0.4) is 0 Å². The summed E-state index contributed by atoms with van der Waals surface area (Å²) in [5.74, 6) is 0. The molecule has 0 aliphatic carbocycles. The summed E-state index contributed by atoms with van der Waals surface area (Å²) in [7, 11) is 1.82. The van der Waals surface area contributed by atoms with E-state index in [1.54, 1.807) is 0 Å². The second kappa shape index (κ2) is 5.91. The van der Waals surface area contributed by atoms with Crippen LogP contribution >= 0.6 is 0 Å². The Labute approximate surface area is 92.2 Å². The first kappa shape index (κ1) is 13.1. The van der Waals surface area contributed by atoms with Crippen molar-refractivity contribution in [2.45, 2.75) is 19.3 Å². The Morgan fingerprint density at radius 1 is 1.44 bits per heavy atom. The van der Waals surface area contributed by atoms with Crippen molar-refractivity contribution in [1.29, 1.82) is 0 Å². The lowest BCUT2D eigenvalue weighted by Crippen LogP contribution is -2.19. The Kier molecular flexibility index (Phi) is 4.82. The third-order valence-corrected chi connectivity index (χ3v) is 2.02. The van der Waals surface area contributed by atoms with E-state index in [0.717, 1.165) is 5.69 Å². The molecular formula is C10H15F3N2O. The minimum absolute atomic E-state index is 0.0604. The maximum atomic E-state index is 11.8. The molecule has 0 amide bonds. The maximum Gasteiger partial charge on any atom is 0.411 e. The molecular weight excluding hydrogens is 221 g/mol. The molecule has 6 heteroatoms. The monoisotopic (exact) mass is 236 g/mol. The van der Waals surface area contributed by atoms with Crippen LogP contribution in [0.25, 0.3) is 0 Å². The lowest BCUT2D eigenvalue weighted by atomic mass is 10.4. The van der Waals surface area contributed by atoms with E-state index in [9.17, 15) is 13.2 Å². The van der Waals surface area contributed by atoms with Gasteiger partial charge in [0.15, 0.2) is 0 Å². The van der Waals surface area contributed by atoms with Crippen LogP contribution in [0.1, 0.15) is 5.69 Å². The van der Waals surface area contributed by atoms with E-state index in [4.69, 9.17) is 0 Å². The highest BCUT2D eigenvalue weighted by atomic mass is 19.4. The zero-order valence-electron chi connectivity index (χ0n) is 9.05. The molecule has 0 spiro atoms. The molecule has 1 heterocycles. The number of halogens is 3. The van der Waals surface area contributed by atoms with Crippen LogP contribution in [0.4, 0.5) is 13.2 Å². The van der Waals surface area contributed by atoms with E-state index in [-0.39, 0.29) is 6.61 Å². The minimum Gasteiger partial charge on any atom is -0.370 e. The lowest BCUT2D eigenvalue weighted by Gasteiger charge is -2.10. The lowest BCUT2D eigenvalue weighted by molar-refractivity contribution is -0.174. The van der Waals surface area contributed by atoms with Gasteiger partial charge in [-0.1, -0.05) is 0 Å². The van der Waals surface area contributed by atoms with Crippen molar-refractivity contribution >= 4 is 0 Å². The van der Waals surface area contributed by atoms with Crippen molar-refractivity contribution in [2.24, 2.45) is 0 Å². The van der Waals surface area contributed by atoms with E-state index in [1.165, 1.54) is 0 Å². The first-order valence-corrected chi connectivity index (χ1v) is 4.96. The highest BCUT2D eigenvalue weighted by molar-refractivity contribution is 5.06. The highest BCUT2D eigenvalue weighted by Crippen LogP contribution is 2.14. The molecule has 3 nitrogen and oxygen atoms in total. The van der Waals surface area contributed by atoms with Crippen LogP contribution in [-0.2, 0) is 17.8 Å². The van der Waals surface area contributed by atoms with E-state index >= 15 is 0 Å². The minimum atomic E-state index is -4.25. The van der Waals surface area contributed by atoms with E-state index in [2.05, 4.69) is 10.1 Å². The van der Waals surface area contributed by atoms with Crippen molar-refractivity contribution in [3.63, 3.8) is 0 Å². The van der Waals surface area contributed by atoms with Crippen molar-refractivity contribution < 1.29 is 17.9 Å². The highest BCUT2D eigenvalue weighted by Gasteiger charge is 2.27. The molecule has 0 bridgehead atoms. The number of hydrogen-bond donors (Lipinski definition) is 1. The molecule has 0 aromatic carbocycles. The van der Waals surface area contributed by atoms with E-state index < -0.39 is 12.8 Å². The molecule has 92 valence electrons. The fourth-order valence-electron chi connectivity index (χ4n) is 1.36. The van der Waals surface area contributed by atoms with Gasteiger partial charge in [0.1, 0.15) is 6.61 Å². The van der Waals surface area contributed by atoms with Gasteiger partial charge in [0.25, 0.3) is 0 Å². The van der Waals surface area contributed by atoms with Gasteiger partial charge in [-0.15, -0.1) is 0 Å². The summed E-state index contributed by atoms with van der Waals surface area (Å²) in [4.78, 5) is 0. The second-order valence-electron chi connectivity index (χ2n) is 3.39. The van der Waals surface area contributed by atoms with E-state index in [1.807, 2.05) is 29.9 Å². The predicted molar refractivity (Wildman–Crippen MR) is 54.1 cm³/mol. The molecule has 1 N–H and O–H groups in total. The SMILES string of the molecule is CNCc1cccn1CCOCC(F)(F)F. The van der Waals surface area contributed by atoms with Crippen LogP contribution in [0.5, 0.6) is 0 Å². The van der Waals surface area contributed by atoms with Gasteiger partial charge in [-0.3, -0.25) is 0 Å². The summed E-state index contributed by atoms with van der Waals surface area (Å²) in [6.07, 6.45) is -2.42. The van der Waals surface area contributed by atoms with Gasteiger partial charge < -0.3 is 14.6 Å². The summed E-state index contributed by atoms with van der Waals surface area (Å²) in [6.45, 7) is -0.00705. The van der Waals surface area contributed by atoms with Gasteiger partial charge in [-0.2, -0.15) is 13.2 Å². The van der Waals surface area contributed by atoms with E-state index in [0.29, 0.717) is 13.1 Å². The smallest absolute Gasteiger partial charge is 0.370 e. The van der Waals surface area contributed by atoms with Gasteiger partial charge in [0.2, 0.25) is 0 Å². The Bertz CT molecular complexity index is 309. The van der Waals surface area contributed by atoms with Crippen LogP contribution in [0, 0.1) is 0 Å². The predicted octanol–water partition coefficient (Wildman–Crippen LogP) is 1.79. The van der Waals surface area contributed by atoms with Gasteiger partial charge >= 0.3 is 6.18 Å². The Morgan fingerprint density at radius 3 is 2.81 bits per heavy atom. The summed E-state index contributed by atoms with van der Waals surface area (Å²) in [6, 6.07) is 3.77. The largest absolute Gasteiger partial charge is 0.411 e. The van der Waals surface area contributed by atoms with Crippen molar-refractivity contribution in [3.05, 3.63) is 24.0 Å². The zero-order chi connectivity index (χ0) is 12.0. The molecule has 16 heavy (non-hydrogen) atoms. The fraction of sp³-hybridized carbons (Fsp3) is 0.600. The third-order valence-electron chi connectivity index (χ3n) is 2.02. The summed E-state index contributed by atoms with van der Waals surface area (Å²) in [5, 5.41) is 2.98. The van der Waals surface area contributed by atoms with Gasteiger partial charge in [0.05, 0.1) is 6.61 Å². The van der Waals surface area contributed by atoms with Crippen molar-refractivity contribution in [2.75, 3.05) is 20.3 Å². The number of nitrogens with zero attached hydrogens (tertiary/aromatic N) is 1. The van der Waals surface area contributed by atoms with Crippen LogP contribution in [-0.4, -0.2) is 31.0 Å². The first-order valence-electron chi connectivity index (χ1n) is 4.96. The number of nitrogens with one attached hydrogen (secondary N) is 1. The average Bonchev–Trinajstić information content (AvgIpc) is 2.60. The number of rotatable bonds is 6. The fourth-order valence-corrected chi connectivity index (χ4v) is 1.36. The zero-order valence-corrected chi connectivity index (χ0v) is 9.05. The molecule has 1 aromatic heterocycles. The summed E-state index contributed by atoms with van der Waals surface area (Å²) in [5.41, 5.74) is 1.03. The molecule has 0 saturated carbocycles. The van der Waals surface area contributed by atoms with Crippen LogP contribution < -0.4 is 5.32 Å². The van der Waals surface area contributed by atoms with Crippen LogP contribution in [0.2, 0.25) is 0 Å². The molecule has 0 atom stereocenters. The quantitative estimate of drug-likeness (QED) is 0.762. The number of aromatic nitrogens is 1. The Balaban J connectivity index is 2.29. The van der Waals surface area contributed by atoms with Gasteiger partial charge in [0, 0.05) is 25.0 Å². The molecule has 0 aliphatic rings. The number of ether oxygens (including phenoxy) is 1. The standard InChI is InChI=1S/C10H15F3N2O/c1-14-7-9-3-2-4-15(9)5-6-16-8-10(11,12)13/h2-4,14H,5-8H2,1H3. The van der Waals surface area contributed by atoms with Gasteiger partial charge in [-0.25, -0.2) is 0 Å². The number of hydrogen-bond acceptors (Lipinski definition) is 2. The number of alkyl halides is 3. The third kappa shape index (κ3) is 4.67. The van der Waals surface area contributed by atoms with Crippen molar-refractivity contribution in [1.82, 2.24) is 9.88 Å². The molecule has 0 unspecified atom stereocenters. The average molecular weight is 236 g/mol. The molecule has 0 fully saturated rings. The summed E-state index contributed by atoms with van der Waals surface area (Å²) < 4.78 is 41.7. The maximum absolute atomic E-state index is 11.8. The molecule has 0 saturated heterocycles. The second-order valence-corrected chi connectivity index (χ2v) is 3.39. The Hall–Kier alpha value is -1.01. The first-order chi connectivity index (χ1) is 7.53.